The standard InChI is InChI=1S/C18H31N5.2ClH/c1-2-4-16(5-3-1)23-15-20-13-18(23)14-21-8-10-22(11-9-21)17-6-7-19-12-17;;/h13,15-17,19H,1-12,14H2;2*1H. The van der Waals surface area contributed by atoms with Gasteiger partial charge in [-0.2, -0.15) is 0 Å². The quantitative estimate of drug-likeness (QED) is 0.858. The molecule has 0 spiro atoms. The lowest BCUT2D eigenvalue weighted by atomic mass is 9.95. The average molecular weight is 390 g/mol. The summed E-state index contributed by atoms with van der Waals surface area (Å²) in [6.07, 6.45) is 12.4. The third kappa shape index (κ3) is 5.10. The van der Waals surface area contributed by atoms with Crippen LogP contribution in [0.3, 0.4) is 0 Å². The fraction of sp³-hybridized carbons (Fsp3) is 0.833. The zero-order chi connectivity index (χ0) is 15.5. The minimum absolute atomic E-state index is 0. The molecule has 5 nitrogen and oxygen atoms in total. The molecule has 3 aliphatic rings. The maximum Gasteiger partial charge on any atom is 0.0951 e. The van der Waals surface area contributed by atoms with Crippen LogP contribution in [0.25, 0.3) is 0 Å². The number of hydrogen-bond donors (Lipinski definition) is 1. The van der Waals surface area contributed by atoms with Crippen LogP contribution < -0.4 is 5.32 Å². The first kappa shape index (κ1) is 21.0. The number of aromatic nitrogens is 2. The number of halogens is 2. The average Bonchev–Trinajstić information content (AvgIpc) is 3.28. The van der Waals surface area contributed by atoms with Gasteiger partial charge in [-0.05, 0) is 25.8 Å². The second-order valence-electron chi connectivity index (χ2n) is 7.54. The zero-order valence-electron chi connectivity index (χ0n) is 15.1. The van der Waals surface area contributed by atoms with E-state index < -0.39 is 0 Å². The molecule has 2 saturated heterocycles. The van der Waals surface area contributed by atoms with Crippen molar-refractivity contribution in [2.24, 2.45) is 0 Å². The van der Waals surface area contributed by atoms with Gasteiger partial charge in [-0.3, -0.25) is 9.80 Å². The molecule has 1 N–H and O–H groups in total. The number of imidazole rings is 1. The first-order valence-electron chi connectivity index (χ1n) is 9.58. The van der Waals surface area contributed by atoms with Crippen molar-refractivity contribution in [3.8, 4) is 0 Å². The van der Waals surface area contributed by atoms with Gasteiger partial charge in [0.1, 0.15) is 0 Å². The molecule has 1 aliphatic carbocycles. The Morgan fingerprint density at radius 3 is 2.40 bits per heavy atom. The van der Waals surface area contributed by atoms with E-state index in [9.17, 15) is 0 Å². The molecule has 1 unspecified atom stereocenters. The van der Waals surface area contributed by atoms with Gasteiger partial charge in [0.2, 0.25) is 0 Å². The van der Waals surface area contributed by atoms with Crippen LogP contribution in [-0.2, 0) is 6.54 Å². The topological polar surface area (TPSA) is 36.3 Å². The van der Waals surface area contributed by atoms with Crippen LogP contribution in [0.4, 0.5) is 0 Å². The Bertz CT molecular complexity index is 489. The molecule has 2 aliphatic heterocycles. The molecule has 1 aromatic heterocycles. The largest absolute Gasteiger partial charge is 0.330 e. The number of hydrogen-bond acceptors (Lipinski definition) is 4. The lowest BCUT2D eigenvalue weighted by molar-refractivity contribution is 0.0960. The number of rotatable bonds is 4. The molecule has 0 aromatic carbocycles. The highest BCUT2D eigenvalue weighted by atomic mass is 35.5. The van der Waals surface area contributed by atoms with E-state index in [1.165, 1.54) is 83.5 Å². The van der Waals surface area contributed by atoms with E-state index in [-0.39, 0.29) is 24.8 Å². The molecule has 4 rings (SSSR count). The Hall–Kier alpha value is -0.330. The maximum absolute atomic E-state index is 4.46. The Labute approximate surface area is 164 Å². The van der Waals surface area contributed by atoms with Crippen molar-refractivity contribution in [2.75, 3.05) is 39.3 Å². The molecule has 7 heteroatoms. The summed E-state index contributed by atoms with van der Waals surface area (Å²) in [5.41, 5.74) is 1.42. The summed E-state index contributed by atoms with van der Waals surface area (Å²) in [5.74, 6) is 0. The molecule has 1 saturated carbocycles. The Balaban J connectivity index is 0.00000113. The highest BCUT2D eigenvalue weighted by molar-refractivity contribution is 5.85. The fourth-order valence-electron chi connectivity index (χ4n) is 4.61. The van der Waals surface area contributed by atoms with E-state index in [0.29, 0.717) is 6.04 Å². The van der Waals surface area contributed by atoms with Crippen molar-refractivity contribution >= 4 is 24.8 Å². The monoisotopic (exact) mass is 389 g/mol. The SMILES string of the molecule is Cl.Cl.c1ncn(C2CCCCC2)c1CN1CCN(C2CCNC2)CC1. The lowest BCUT2D eigenvalue weighted by Gasteiger charge is -2.38. The third-order valence-corrected chi connectivity index (χ3v) is 6.06. The first-order chi connectivity index (χ1) is 11.4. The second kappa shape index (κ2) is 10.1. The maximum atomic E-state index is 4.46. The van der Waals surface area contributed by atoms with Crippen molar-refractivity contribution < 1.29 is 0 Å². The van der Waals surface area contributed by atoms with Gasteiger partial charge in [-0.25, -0.2) is 4.98 Å². The Morgan fingerprint density at radius 2 is 1.72 bits per heavy atom. The minimum Gasteiger partial charge on any atom is -0.330 e. The molecule has 0 amide bonds. The molecule has 0 radical (unpaired) electrons. The summed E-state index contributed by atoms with van der Waals surface area (Å²) >= 11 is 0. The molecule has 25 heavy (non-hydrogen) atoms. The second-order valence-corrected chi connectivity index (χ2v) is 7.54. The normalized spacial score (nSPS) is 26.2. The minimum atomic E-state index is 0. The van der Waals surface area contributed by atoms with Crippen LogP contribution >= 0.6 is 24.8 Å². The summed E-state index contributed by atoms with van der Waals surface area (Å²) < 4.78 is 2.48. The van der Waals surface area contributed by atoms with E-state index in [2.05, 4.69) is 37.2 Å². The molecule has 144 valence electrons. The molecular formula is C18H33Cl2N5. The molecular weight excluding hydrogens is 357 g/mol. The van der Waals surface area contributed by atoms with Crippen LogP contribution in [0, 0.1) is 0 Å². The van der Waals surface area contributed by atoms with Crippen molar-refractivity contribution in [1.82, 2.24) is 24.7 Å². The van der Waals surface area contributed by atoms with E-state index in [0.717, 1.165) is 12.6 Å². The van der Waals surface area contributed by atoms with Crippen molar-refractivity contribution in [1.29, 1.82) is 0 Å². The summed E-state index contributed by atoms with van der Waals surface area (Å²) in [4.78, 5) is 9.77. The van der Waals surface area contributed by atoms with E-state index >= 15 is 0 Å². The highest BCUT2D eigenvalue weighted by Gasteiger charge is 2.26. The zero-order valence-corrected chi connectivity index (χ0v) is 16.7. The number of piperazine rings is 1. The van der Waals surface area contributed by atoms with Gasteiger partial charge in [0.25, 0.3) is 0 Å². The molecule has 3 heterocycles. The number of nitrogens with one attached hydrogen (secondary N) is 1. The predicted molar refractivity (Wildman–Crippen MR) is 107 cm³/mol. The lowest BCUT2D eigenvalue weighted by Crippen LogP contribution is -2.50. The highest BCUT2D eigenvalue weighted by Crippen LogP contribution is 2.29. The van der Waals surface area contributed by atoms with Crippen LogP contribution in [0.2, 0.25) is 0 Å². The van der Waals surface area contributed by atoms with E-state index in [4.69, 9.17) is 0 Å². The van der Waals surface area contributed by atoms with Gasteiger partial charge in [0.15, 0.2) is 0 Å². The van der Waals surface area contributed by atoms with Gasteiger partial charge < -0.3 is 9.88 Å². The molecule has 3 fully saturated rings. The van der Waals surface area contributed by atoms with Crippen LogP contribution in [0.5, 0.6) is 0 Å². The summed E-state index contributed by atoms with van der Waals surface area (Å²) in [6, 6.07) is 1.48. The first-order valence-corrected chi connectivity index (χ1v) is 9.58. The van der Waals surface area contributed by atoms with E-state index in [1.807, 2.05) is 0 Å². The van der Waals surface area contributed by atoms with Crippen LogP contribution in [0.15, 0.2) is 12.5 Å². The molecule has 1 atom stereocenters. The predicted octanol–water partition coefficient (Wildman–Crippen LogP) is 2.71. The summed E-state index contributed by atoms with van der Waals surface area (Å²) in [7, 11) is 0. The van der Waals surface area contributed by atoms with Crippen molar-refractivity contribution in [3.05, 3.63) is 18.2 Å². The summed E-state index contributed by atoms with van der Waals surface area (Å²) in [5, 5.41) is 3.49. The number of nitrogens with zero attached hydrogens (tertiary/aromatic N) is 4. The van der Waals surface area contributed by atoms with Crippen molar-refractivity contribution in [3.63, 3.8) is 0 Å². The molecule has 0 bridgehead atoms. The third-order valence-electron chi connectivity index (χ3n) is 6.06. The van der Waals surface area contributed by atoms with Gasteiger partial charge in [0.05, 0.1) is 12.0 Å². The van der Waals surface area contributed by atoms with Crippen LogP contribution in [-0.4, -0.2) is 64.7 Å². The fourth-order valence-corrected chi connectivity index (χ4v) is 4.61. The van der Waals surface area contributed by atoms with Gasteiger partial charge in [0, 0.05) is 57.5 Å². The van der Waals surface area contributed by atoms with Gasteiger partial charge >= 0.3 is 0 Å². The van der Waals surface area contributed by atoms with Gasteiger partial charge in [-0.15, -0.1) is 24.8 Å². The molecule has 1 aromatic rings. The van der Waals surface area contributed by atoms with E-state index in [1.54, 1.807) is 0 Å². The smallest absolute Gasteiger partial charge is 0.0951 e. The summed E-state index contributed by atoms with van der Waals surface area (Å²) in [6.45, 7) is 8.32. The Kier molecular flexibility index (Phi) is 8.49. The van der Waals surface area contributed by atoms with Gasteiger partial charge in [-0.1, -0.05) is 19.3 Å². The van der Waals surface area contributed by atoms with Crippen LogP contribution in [0.1, 0.15) is 50.3 Å². The Morgan fingerprint density at radius 1 is 0.960 bits per heavy atom. The van der Waals surface area contributed by atoms with Crippen molar-refractivity contribution in [2.45, 2.75) is 57.2 Å².